The molecule has 5 aromatic heterocycles. The van der Waals surface area contributed by atoms with Crippen LogP contribution in [-0.4, -0.2) is 18.3 Å². The van der Waals surface area contributed by atoms with E-state index in [1.165, 1.54) is 0 Å². The molecule has 0 aliphatic rings. The topological polar surface area (TPSA) is 67.3 Å². The van der Waals surface area contributed by atoms with Gasteiger partial charge in [-0.25, -0.2) is 0 Å². The molecule has 18 rings (SSSR count). The predicted molar refractivity (Wildman–Crippen MR) is 354 cm³/mol. The summed E-state index contributed by atoms with van der Waals surface area (Å²) in [5.74, 6) is 0. The first-order valence-electron chi connectivity index (χ1n) is 28.6. The summed E-state index contributed by atoms with van der Waals surface area (Å²) in [5, 5.41) is 39.0. The van der Waals surface area contributed by atoms with Crippen LogP contribution in [0.15, 0.2) is 267 Å². The Bertz CT molecular complexity index is 5840. The van der Waals surface area contributed by atoms with Crippen LogP contribution in [0, 0.1) is 22.7 Å². The maximum atomic E-state index is 13.1. The molecule has 0 amide bonds. The van der Waals surface area contributed by atoms with Crippen molar-refractivity contribution in [1.82, 2.24) is 18.3 Å². The Morgan fingerprint density at radius 1 is 0.271 bits per heavy atom. The van der Waals surface area contributed by atoms with E-state index in [1.807, 2.05) is 0 Å². The number of fused-ring (bicyclic) bond motifs is 17. The van der Waals surface area contributed by atoms with Crippen molar-refractivity contribution < 1.29 is 0 Å². The number of thiophene rings is 1. The van der Waals surface area contributed by atoms with Gasteiger partial charge in [-0.05, 0) is 81.6 Å². The Morgan fingerprint density at radius 2 is 0.635 bits per heavy atom. The second kappa shape index (κ2) is 18.0. The minimum Gasteiger partial charge on any atom is -0.306 e. The Balaban J connectivity index is 1.13. The summed E-state index contributed by atoms with van der Waals surface area (Å²) in [5.41, 5.74) is 15.1. The third kappa shape index (κ3) is 6.45. The van der Waals surface area contributed by atoms with Crippen LogP contribution in [0.2, 0.25) is 0 Å². The molecule has 0 bridgehead atoms. The fourth-order valence-electron chi connectivity index (χ4n) is 14.5. The molecule has 0 spiro atoms. The van der Waals surface area contributed by atoms with E-state index in [2.05, 4.69) is 297 Å². The van der Waals surface area contributed by atoms with Crippen LogP contribution in [-0.2, 0) is 0 Å². The first kappa shape index (κ1) is 47.2. The van der Waals surface area contributed by atoms with Crippen LogP contribution >= 0.6 is 11.3 Å². The molecule has 0 saturated heterocycles. The zero-order valence-electron chi connectivity index (χ0n) is 45.5. The molecule has 7 heteroatoms. The van der Waals surface area contributed by atoms with Crippen LogP contribution in [0.1, 0.15) is 11.1 Å². The molecule has 13 aromatic carbocycles. The van der Waals surface area contributed by atoms with Gasteiger partial charge in [0, 0.05) is 58.6 Å². The lowest BCUT2D eigenvalue weighted by molar-refractivity contribution is 1.03. The lowest BCUT2D eigenvalue weighted by atomic mass is 9.90. The van der Waals surface area contributed by atoms with Crippen LogP contribution < -0.4 is 0 Å². The molecule has 392 valence electrons. The minimum absolute atomic E-state index is 0.415. The van der Waals surface area contributed by atoms with E-state index in [4.69, 9.17) is 0 Å². The maximum absolute atomic E-state index is 13.1. The van der Waals surface area contributed by atoms with Crippen molar-refractivity contribution in [2.45, 2.75) is 0 Å². The lowest BCUT2D eigenvalue weighted by Gasteiger charge is -2.27. The molecule has 0 aliphatic heterocycles. The van der Waals surface area contributed by atoms with E-state index < -0.39 is 0 Å². The second-order valence-electron chi connectivity index (χ2n) is 22.0. The quantitative estimate of drug-likeness (QED) is 0.166. The molecule has 0 radical (unpaired) electrons. The molecule has 5 heterocycles. The van der Waals surface area contributed by atoms with E-state index in [0.29, 0.717) is 33.9 Å². The molecule has 0 N–H and O–H groups in total. The normalized spacial score (nSPS) is 12.0. The molecular weight excluding hydrogens is 1050 g/mol. The summed E-state index contributed by atoms with van der Waals surface area (Å²) in [7, 11) is 0. The number of nitrogens with zero attached hydrogens (tertiary/aromatic N) is 6. The molecular formula is C78H44N6S. The highest BCUT2D eigenvalue weighted by atomic mass is 32.1. The average Bonchev–Trinajstić information content (AvgIpc) is 1.86. The Hall–Kier alpha value is -11.5. The van der Waals surface area contributed by atoms with Crippen molar-refractivity contribution in [3.05, 3.63) is 278 Å². The van der Waals surface area contributed by atoms with Crippen LogP contribution in [0.4, 0.5) is 0 Å². The molecule has 0 saturated carbocycles. The third-order valence-corrected chi connectivity index (χ3v) is 19.0. The zero-order valence-corrected chi connectivity index (χ0v) is 46.3. The summed E-state index contributed by atoms with van der Waals surface area (Å²) in [6.07, 6.45) is 0. The number of rotatable bonds is 6. The van der Waals surface area contributed by atoms with Gasteiger partial charge in [0.2, 0.25) is 0 Å². The first-order chi connectivity index (χ1) is 42.2. The fourth-order valence-corrected chi connectivity index (χ4v) is 15.7. The summed E-state index contributed by atoms with van der Waals surface area (Å²) >= 11 is 1.78. The monoisotopic (exact) mass is 1100 g/mol. The number of aromatic nitrogens is 4. The van der Waals surface area contributed by atoms with E-state index in [-0.39, 0.29) is 0 Å². The number of para-hydroxylation sites is 6. The molecule has 85 heavy (non-hydrogen) atoms. The lowest BCUT2D eigenvalue weighted by Crippen LogP contribution is -2.16. The van der Waals surface area contributed by atoms with Gasteiger partial charge in [0.15, 0.2) is 0 Å². The van der Waals surface area contributed by atoms with Gasteiger partial charge in [-0.2, -0.15) is 10.5 Å². The first-order valence-corrected chi connectivity index (χ1v) is 29.5. The van der Waals surface area contributed by atoms with E-state index >= 15 is 0 Å². The van der Waals surface area contributed by atoms with Crippen molar-refractivity contribution >= 4 is 130 Å². The maximum Gasteiger partial charge on any atom is 0.104 e. The highest BCUT2D eigenvalue weighted by molar-refractivity contribution is 7.26. The number of hydrogen-bond donors (Lipinski definition) is 0. The van der Waals surface area contributed by atoms with E-state index in [9.17, 15) is 10.5 Å². The van der Waals surface area contributed by atoms with Crippen molar-refractivity contribution in [3.63, 3.8) is 0 Å². The van der Waals surface area contributed by atoms with Crippen LogP contribution in [0.5, 0.6) is 0 Å². The van der Waals surface area contributed by atoms with Gasteiger partial charge in [0.1, 0.15) is 23.3 Å². The minimum atomic E-state index is 0.415. The van der Waals surface area contributed by atoms with E-state index in [1.54, 1.807) is 11.3 Å². The van der Waals surface area contributed by atoms with Crippen molar-refractivity contribution in [2.75, 3.05) is 0 Å². The van der Waals surface area contributed by atoms with Gasteiger partial charge in [0.05, 0.1) is 71.6 Å². The van der Waals surface area contributed by atoms with Crippen molar-refractivity contribution in [2.24, 2.45) is 0 Å². The van der Waals surface area contributed by atoms with E-state index in [0.717, 1.165) is 140 Å². The molecule has 18 aromatic rings. The summed E-state index contributed by atoms with van der Waals surface area (Å²) in [6, 6.07) is 101. The summed E-state index contributed by atoms with van der Waals surface area (Å²) in [4.78, 5) is 0. The standard InChI is InChI=1S/C78H44N6S/c79-45-61-73(81-63-35-11-4-25-50(63)51-26-5-12-36-64(51)81)74(82-65-37-13-6-27-52(65)53-28-7-14-38-66(53)82)62(46-80)76(75(61)83-67-39-15-8-29-54(67)55-30-9-16-40-68(55)83)84-69-41-20-34-58(57-33-19-24-48-23-18-32-49(71(48)57)47-21-2-1-3-22-47)72(69)60-44-43-59-56-31-10-17-42-70(56)85-78(59)77(60)84/h1-44H. The van der Waals surface area contributed by atoms with Gasteiger partial charge in [-0.1, -0.05) is 218 Å². The van der Waals surface area contributed by atoms with Crippen molar-refractivity contribution in [3.8, 4) is 57.1 Å². The number of nitriles is 2. The zero-order chi connectivity index (χ0) is 56.0. The second-order valence-corrected chi connectivity index (χ2v) is 23.1. The number of hydrogen-bond acceptors (Lipinski definition) is 3. The Kier molecular flexibility index (Phi) is 10.00. The molecule has 6 nitrogen and oxygen atoms in total. The Morgan fingerprint density at radius 3 is 1.11 bits per heavy atom. The molecule has 0 unspecified atom stereocenters. The van der Waals surface area contributed by atoms with Gasteiger partial charge in [-0.15, -0.1) is 11.3 Å². The van der Waals surface area contributed by atoms with Gasteiger partial charge < -0.3 is 18.3 Å². The largest absolute Gasteiger partial charge is 0.306 e. The predicted octanol–water partition coefficient (Wildman–Crippen LogP) is 20.7. The van der Waals surface area contributed by atoms with Gasteiger partial charge in [-0.3, -0.25) is 0 Å². The van der Waals surface area contributed by atoms with Gasteiger partial charge >= 0.3 is 0 Å². The molecule has 0 fully saturated rings. The van der Waals surface area contributed by atoms with Crippen LogP contribution in [0.25, 0.3) is 163 Å². The Labute approximate surface area is 490 Å². The van der Waals surface area contributed by atoms with Crippen LogP contribution in [0.3, 0.4) is 0 Å². The average molecular weight is 1100 g/mol. The SMILES string of the molecule is N#Cc1c(-n2c3ccccc3c3ccccc32)c(-n2c3ccccc3c3ccccc32)c(C#N)c(-n2c3cccc(-c4cccc5cccc(-c6ccccc6)c45)c3c3ccc4c5ccccc5sc4c32)c1-n1c2ccccc2c2ccccc21. The highest BCUT2D eigenvalue weighted by Gasteiger charge is 2.35. The van der Waals surface area contributed by atoms with Crippen molar-refractivity contribution in [1.29, 1.82) is 10.5 Å². The third-order valence-electron chi connectivity index (χ3n) is 17.8. The summed E-state index contributed by atoms with van der Waals surface area (Å²) in [6.45, 7) is 0. The molecule has 0 aliphatic carbocycles. The number of benzene rings is 13. The summed E-state index contributed by atoms with van der Waals surface area (Å²) < 4.78 is 11.5. The highest BCUT2D eigenvalue weighted by Crippen LogP contribution is 2.52. The van der Waals surface area contributed by atoms with Gasteiger partial charge in [0.25, 0.3) is 0 Å². The fraction of sp³-hybridized carbons (Fsp3) is 0. The molecule has 0 atom stereocenters. The smallest absolute Gasteiger partial charge is 0.104 e.